The highest BCUT2D eigenvalue weighted by atomic mass is 32.2. The number of hydrogen-bond acceptors (Lipinski definition) is 3. The molecule has 92 valence electrons. The van der Waals surface area contributed by atoms with Gasteiger partial charge >= 0.3 is 0 Å². The molecule has 0 aromatic heterocycles. The van der Waals surface area contributed by atoms with Crippen LogP contribution in [0, 0.1) is 0 Å². The molecule has 1 aliphatic rings. The van der Waals surface area contributed by atoms with E-state index in [1.54, 1.807) is 0 Å². The van der Waals surface area contributed by atoms with Gasteiger partial charge in [0.15, 0.2) is 0 Å². The molecule has 0 unspecified atom stereocenters. The number of nitrogens with two attached hydrogens (primary N) is 1. The van der Waals surface area contributed by atoms with E-state index in [-0.39, 0.29) is 5.75 Å². The fourth-order valence-electron chi connectivity index (χ4n) is 1.46. The van der Waals surface area contributed by atoms with E-state index in [0.717, 1.165) is 6.42 Å². The molecule has 0 amide bonds. The zero-order chi connectivity index (χ0) is 11.7. The molecule has 0 aliphatic heterocycles. The fourth-order valence-corrected chi connectivity index (χ4v) is 2.11. The van der Waals surface area contributed by atoms with Gasteiger partial charge in [0.1, 0.15) is 0 Å². The topological polar surface area (TPSA) is 80.4 Å². The minimum absolute atomic E-state index is 0.108. The van der Waals surface area contributed by atoms with Gasteiger partial charge < -0.3 is 5.73 Å². The largest absolute Gasteiger partial charge is 0.328 e. The molecule has 0 saturated heterocycles. The summed E-state index contributed by atoms with van der Waals surface area (Å²) < 4.78 is 28.0. The van der Waals surface area contributed by atoms with Crippen LogP contribution in [0.15, 0.2) is 0 Å². The summed E-state index contributed by atoms with van der Waals surface area (Å²) in [6.07, 6.45) is 7.99. The van der Waals surface area contributed by atoms with Gasteiger partial charge in [0.05, 0.1) is 5.75 Å². The van der Waals surface area contributed by atoms with E-state index < -0.39 is 10.1 Å². The minimum Gasteiger partial charge on any atom is -0.328 e. The summed E-state index contributed by atoms with van der Waals surface area (Å²) in [5.74, 6) is -0.108. The Balaban J connectivity index is 0.000000262. The van der Waals surface area contributed by atoms with Crippen molar-refractivity contribution in [3.63, 3.8) is 0 Å². The van der Waals surface area contributed by atoms with Gasteiger partial charge in [0.25, 0.3) is 10.1 Å². The zero-order valence-electron chi connectivity index (χ0n) is 9.48. The van der Waals surface area contributed by atoms with Crippen LogP contribution in [0.1, 0.15) is 51.9 Å². The van der Waals surface area contributed by atoms with E-state index in [4.69, 9.17) is 10.3 Å². The van der Waals surface area contributed by atoms with E-state index in [0.29, 0.717) is 12.5 Å². The van der Waals surface area contributed by atoms with Crippen LogP contribution in [0.2, 0.25) is 0 Å². The first-order valence-corrected chi connectivity index (χ1v) is 7.27. The molecule has 5 heteroatoms. The Kier molecular flexibility index (Phi) is 8.00. The van der Waals surface area contributed by atoms with Gasteiger partial charge in [-0.2, -0.15) is 8.42 Å². The van der Waals surface area contributed by atoms with E-state index in [1.807, 2.05) is 6.92 Å². The van der Waals surface area contributed by atoms with Gasteiger partial charge in [-0.1, -0.05) is 32.6 Å². The zero-order valence-corrected chi connectivity index (χ0v) is 10.3. The molecule has 0 spiro atoms. The minimum atomic E-state index is -3.69. The molecular weight excluding hydrogens is 214 g/mol. The van der Waals surface area contributed by atoms with E-state index in [2.05, 4.69) is 0 Å². The Morgan fingerprint density at radius 2 is 1.80 bits per heavy atom. The summed E-state index contributed by atoms with van der Waals surface area (Å²) in [6, 6.07) is 0.536. The molecule has 0 aromatic rings. The Morgan fingerprint density at radius 3 is 2.00 bits per heavy atom. The van der Waals surface area contributed by atoms with Crippen LogP contribution < -0.4 is 5.73 Å². The second kappa shape index (κ2) is 8.07. The lowest BCUT2D eigenvalue weighted by Crippen LogP contribution is -2.22. The molecule has 1 saturated carbocycles. The molecule has 4 nitrogen and oxygen atoms in total. The molecule has 0 atom stereocenters. The first-order chi connectivity index (χ1) is 6.95. The summed E-state index contributed by atoms with van der Waals surface area (Å²) in [5, 5.41) is 0. The third kappa shape index (κ3) is 11.8. The Hall–Kier alpha value is -0.130. The van der Waals surface area contributed by atoms with Crippen LogP contribution >= 0.6 is 0 Å². The summed E-state index contributed by atoms with van der Waals surface area (Å²) in [7, 11) is -3.69. The quantitative estimate of drug-likeness (QED) is 0.735. The molecule has 3 N–H and O–H groups in total. The van der Waals surface area contributed by atoms with Crippen LogP contribution in [-0.4, -0.2) is 24.8 Å². The lowest BCUT2D eigenvalue weighted by molar-refractivity contribution is 0.441. The average molecular weight is 237 g/mol. The van der Waals surface area contributed by atoms with Crippen LogP contribution in [0.25, 0.3) is 0 Å². The smallest absolute Gasteiger partial charge is 0.264 e. The van der Waals surface area contributed by atoms with Gasteiger partial charge in [0.2, 0.25) is 0 Å². The van der Waals surface area contributed by atoms with E-state index in [1.165, 1.54) is 32.1 Å². The maximum atomic E-state index is 9.95. The molecule has 15 heavy (non-hydrogen) atoms. The molecule has 0 aromatic carbocycles. The predicted octanol–water partition coefficient (Wildman–Crippen LogP) is 1.95. The standard InChI is InChI=1S/C6H13N.C4H10O3S/c7-6-4-2-1-3-5-6;1-2-3-4-8(5,6)7/h6H,1-5,7H2;2-4H2,1H3,(H,5,6,7). The highest BCUT2D eigenvalue weighted by Gasteiger charge is 2.06. The van der Waals surface area contributed by atoms with Crippen molar-refractivity contribution in [2.45, 2.75) is 57.9 Å². The normalized spacial score (nSPS) is 18.1. The number of unbranched alkanes of at least 4 members (excludes halogenated alkanes) is 1. The molecule has 1 fully saturated rings. The third-order valence-corrected chi connectivity index (χ3v) is 3.21. The van der Waals surface area contributed by atoms with E-state index in [9.17, 15) is 8.42 Å². The van der Waals surface area contributed by atoms with Crippen molar-refractivity contribution >= 4 is 10.1 Å². The fraction of sp³-hybridized carbons (Fsp3) is 1.00. The van der Waals surface area contributed by atoms with Crippen LogP contribution in [-0.2, 0) is 10.1 Å². The predicted molar refractivity (Wildman–Crippen MR) is 62.4 cm³/mol. The van der Waals surface area contributed by atoms with Gasteiger partial charge in [-0.15, -0.1) is 0 Å². The summed E-state index contributed by atoms with van der Waals surface area (Å²) in [6.45, 7) is 1.87. The summed E-state index contributed by atoms with van der Waals surface area (Å²) in [5.41, 5.74) is 5.63. The molecule has 0 bridgehead atoms. The Bertz CT molecular complexity index is 233. The SMILES string of the molecule is CCCCS(=O)(=O)O.NC1CCCCC1. The van der Waals surface area contributed by atoms with Crippen molar-refractivity contribution in [2.24, 2.45) is 5.73 Å². The lowest BCUT2D eigenvalue weighted by atomic mass is 9.97. The lowest BCUT2D eigenvalue weighted by Gasteiger charge is -2.15. The van der Waals surface area contributed by atoms with Crippen molar-refractivity contribution < 1.29 is 13.0 Å². The second-order valence-corrected chi connectivity index (χ2v) is 5.61. The first-order valence-electron chi connectivity index (χ1n) is 5.66. The van der Waals surface area contributed by atoms with Crippen molar-refractivity contribution in [1.29, 1.82) is 0 Å². The Morgan fingerprint density at radius 1 is 1.27 bits per heavy atom. The van der Waals surface area contributed by atoms with Crippen molar-refractivity contribution in [2.75, 3.05) is 5.75 Å². The highest BCUT2D eigenvalue weighted by Crippen LogP contribution is 2.14. The van der Waals surface area contributed by atoms with Crippen molar-refractivity contribution in [3.05, 3.63) is 0 Å². The molecule has 1 aliphatic carbocycles. The van der Waals surface area contributed by atoms with Crippen molar-refractivity contribution in [1.82, 2.24) is 0 Å². The van der Waals surface area contributed by atoms with Crippen LogP contribution in [0.4, 0.5) is 0 Å². The van der Waals surface area contributed by atoms with E-state index >= 15 is 0 Å². The maximum Gasteiger partial charge on any atom is 0.264 e. The monoisotopic (exact) mass is 237 g/mol. The molecule has 0 radical (unpaired) electrons. The number of rotatable bonds is 3. The van der Waals surface area contributed by atoms with Gasteiger partial charge in [-0.3, -0.25) is 4.55 Å². The molecule has 1 rings (SSSR count). The molecule has 0 heterocycles. The van der Waals surface area contributed by atoms with Gasteiger partial charge in [-0.25, -0.2) is 0 Å². The second-order valence-electron chi connectivity index (χ2n) is 4.04. The first kappa shape index (κ1) is 14.9. The third-order valence-electron chi connectivity index (χ3n) is 2.41. The van der Waals surface area contributed by atoms with Crippen LogP contribution in [0.5, 0.6) is 0 Å². The summed E-state index contributed by atoms with van der Waals surface area (Å²) >= 11 is 0. The maximum absolute atomic E-state index is 9.95. The summed E-state index contributed by atoms with van der Waals surface area (Å²) in [4.78, 5) is 0. The van der Waals surface area contributed by atoms with Gasteiger partial charge in [-0.05, 0) is 19.3 Å². The van der Waals surface area contributed by atoms with Crippen LogP contribution in [0.3, 0.4) is 0 Å². The van der Waals surface area contributed by atoms with Crippen molar-refractivity contribution in [3.8, 4) is 0 Å². The Labute approximate surface area is 93.0 Å². The molecular formula is C10H23NO3S. The van der Waals surface area contributed by atoms with Gasteiger partial charge in [0, 0.05) is 6.04 Å². The highest BCUT2D eigenvalue weighted by molar-refractivity contribution is 7.85. The average Bonchev–Trinajstić information content (AvgIpc) is 2.16. The number of hydrogen-bond donors (Lipinski definition) is 2.